The Kier molecular flexibility index (Phi) is 12.3. The van der Waals surface area contributed by atoms with Crippen LogP contribution in [0.25, 0.3) is 0 Å². The van der Waals surface area contributed by atoms with Crippen LogP contribution in [0.1, 0.15) is 90.4 Å². The van der Waals surface area contributed by atoms with Crippen molar-refractivity contribution >= 4 is 5.97 Å². The molecule has 0 atom stereocenters. The third kappa shape index (κ3) is 11.9. The molecule has 0 spiro atoms. The highest BCUT2D eigenvalue weighted by atomic mass is 16.5. The zero-order chi connectivity index (χ0) is 16.6. The number of unbranched alkanes of at least 4 members (excludes halogenated alkanes) is 11. The Bertz CT molecular complexity index is 386. The molecule has 1 aromatic carbocycles. The predicted octanol–water partition coefficient (Wildman–Crippen LogP) is 6.68. The minimum atomic E-state index is -0.108. The summed E-state index contributed by atoms with van der Waals surface area (Å²) in [6, 6.07) is 9.32. The Morgan fingerprint density at radius 3 is 1.74 bits per heavy atom. The fourth-order valence-corrected chi connectivity index (χ4v) is 2.78. The second-order valence-corrected chi connectivity index (χ2v) is 6.43. The Morgan fingerprint density at radius 2 is 1.22 bits per heavy atom. The van der Waals surface area contributed by atoms with Gasteiger partial charge in [0.1, 0.15) is 5.75 Å². The fraction of sp³-hybridized carbons (Fsp3) is 0.667. The minimum absolute atomic E-state index is 0.108. The molecule has 0 aromatic heterocycles. The summed E-state index contributed by atoms with van der Waals surface area (Å²) >= 11 is 0. The molecular weight excluding hydrogens is 284 g/mol. The van der Waals surface area contributed by atoms with Gasteiger partial charge in [-0.05, 0) is 18.6 Å². The van der Waals surface area contributed by atoms with E-state index in [9.17, 15) is 4.79 Å². The van der Waals surface area contributed by atoms with Crippen molar-refractivity contribution in [3.8, 4) is 5.75 Å². The van der Waals surface area contributed by atoms with E-state index in [0.29, 0.717) is 12.2 Å². The van der Waals surface area contributed by atoms with Gasteiger partial charge in [-0.1, -0.05) is 95.8 Å². The molecule has 0 radical (unpaired) electrons. The number of benzene rings is 1. The number of carbonyl (C=O) groups excluding carboxylic acids is 1. The molecule has 0 amide bonds. The van der Waals surface area contributed by atoms with Crippen LogP contribution in [0.3, 0.4) is 0 Å². The van der Waals surface area contributed by atoms with Gasteiger partial charge < -0.3 is 4.74 Å². The van der Waals surface area contributed by atoms with Crippen LogP contribution < -0.4 is 4.74 Å². The zero-order valence-electron chi connectivity index (χ0n) is 14.9. The number of ether oxygens (including phenoxy) is 1. The molecule has 23 heavy (non-hydrogen) atoms. The van der Waals surface area contributed by atoms with Crippen LogP contribution in [0.15, 0.2) is 30.3 Å². The van der Waals surface area contributed by atoms with Gasteiger partial charge in [0.15, 0.2) is 0 Å². The first-order valence-corrected chi connectivity index (χ1v) is 9.58. The number of rotatable bonds is 14. The molecule has 2 heteroatoms. The van der Waals surface area contributed by atoms with Crippen molar-refractivity contribution in [2.75, 3.05) is 0 Å². The van der Waals surface area contributed by atoms with Gasteiger partial charge in [-0.3, -0.25) is 4.79 Å². The van der Waals surface area contributed by atoms with Crippen LogP contribution in [-0.4, -0.2) is 5.97 Å². The standard InChI is InChI=1S/C21H34O2/c1-2-3-4-5-6-7-8-9-10-11-12-16-19-21(22)23-20-17-14-13-15-18-20/h13-15,17-18H,2-12,16,19H2,1H3. The first-order chi connectivity index (χ1) is 11.3. The molecule has 0 aliphatic rings. The van der Waals surface area contributed by atoms with E-state index >= 15 is 0 Å². The Morgan fingerprint density at radius 1 is 0.739 bits per heavy atom. The maximum absolute atomic E-state index is 11.7. The smallest absolute Gasteiger partial charge is 0.311 e. The Labute approximate surface area is 142 Å². The van der Waals surface area contributed by atoms with Crippen molar-refractivity contribution in [2.45, 2.75) is 90.4 Å². The molecule has 0 saturated heterocycles. The maximum Gasteiger partial charge on any atom is 0.311 e. The number of hydrogen-bond donors (Lipinski definition) is 0. The van der Waals surface area contributed by atoms with Crippen LogP contribution in [0, 0.1) is 0 Å². The third-order valence-corrected chi connectivity index (χ3v) is 4.21. The van der Waals surface area contributed by atoms with E-state index in [2.05, 4.69) is 6.92 Å². The van der Waals surface area contributed by atoms with Crippen LogP contribution in [-0.2, 0) is 4.79 Å². The van der Waals surface area contributed by atoms with Crippen LogP contribution in [0.5, 0.6) is 5.75 Å². The molecule has 2 nitrogen and oxygen atoms in total. The molecule has 1 aromatic rings. The van der Waals surface area contributed by atoms with Gasteiger partial charge in [0.25, 0.3) is 0 Å². The van der Waals surface area contributed by atoms with Gasteiger partial charge in [0, 0.05) is 6.42 Å². The van der Waals surface area contributed by atoms with E-state index in [4.69, 9.17) is 4.74 Å². The lowest BCUT2D eigenvalue weighted by atomic mass is 10.0. The Hall–Kier alpha value is -1.31. The first-order valence-electron chi connectivity index (χ1n) is 9.58. The summed E-state index contributed by atoms with van der Waals surface area (Å²) in [6.07, 6.45) is 16.3. The minimum Gasteiger partial charge on any atom is -0.427 e. The van der Waals surface area contributed by atoms with E-state index in [1.807, 2.05) is 30.3 Å². The van der Waals surface area contributed by atoms with Gasteiger partial charge in [-0.2, -0.15) is 0 Å². The molecule has 0 saturated carbocycles. The lowest BCUT2D eigenvalue weighted by Crippen LogP contribution is -2.07. The molecule has 130 valence electrons. The lowest BCUT2D eigenvalue weighted by molar-refractivity contribution is -0.134. The van der Waals surface area contributed by atoms with Gasteiger partial charge in [0.2, 0.25) is 0 Å². The van der Waals surface area contributed by atoms with Crippen molar-refractivity contribution in [1.29, 1.82) is 0 Å². The molecule has 0 aliphatic carbocycles. The van der Waals surface area contributed by atoms with E-state index in [1.54, 1.807) is 0 Å². The number of para-hydroxylation sites is 1. The fourth-order valence-electron chi connectivity index (χ4n) is 2.78. The average Bonchev–Trinajstić information content (AvgIpc) is 2.57. The highest BCUT2D eigenvalue weighted by Crippen LogP contribution is 2.13. The van der Waals surface area contributed by atoms with Gasteiger partial charge >= 0.3 is 5.97 Å². The highest BCUT2D eigenvalue weighted by Gasteiger charge is 2.03. The lowest BCUT2D eigenvalue weighted by Gasteiger charge is -2.04. The maximum atomic E-state index is 11.7. The number of esters is 1. The molecule has 0 aliphatic heterocycles. The van der Waals surface area contributed by atoms with Gasteiger partial charge in [-0.15, -0.1) is 0 Å². The third-order valence-electron chi connectivity index (χ3n) is 4.21. The van der Waals surface area contributed by atoms with Crippen LogP contribution in [0.4, 0.5) is 0 Å². The quantitative estimate of drug-likeness (QED) is 0.217. The largest absolute Gasteiger partial charge is 0.427 e. The van der Waals surface area contributed by atoms with Crippen LogP contribution >= 0.6 is 0 Å². The molecule has 0 unspecified atom stereocenters. The zero-order valence-corrected chi connectivity index (χ0v) is 14.9. The molecule has 1 rings (SSSR count). The topological polar surface area (TPSA) is 26.3 Å². The predicted molar refractivity (Wildman–Crippen MR) is 97.8 cm³/mol. The van der Waals surface area contributed by atoms with E-state index in [0.717, 1.165) is 12.8 Å². The second kappa shape index (κ2) is 14.3. The Balaban J connectivity index is 1.83. The molecule has 0 heterocycles. The summed E-state index contributed by atoms with van der Waals surface area (Å²) < 4.78 is 5.28. The molecule has 0 fully saturated rings. The van der Waals surface area contributed by atoms with Crippen LogP contribution in [0.2, 0.25) is 0 Å². The number of hydrogen-bond acceptors (Lipinski definition) is 2. The second-order valence-electron chi connectivity index (χ2n) is 6.43. The van der Waals surface area contributed by atoms with E-state index < -0.39 is 0 Å². The SMILES string of the molecule is CCCCCCCCCCCCCCC(=O)Oc1ccccc1. The summed E-state index contributed by atoms with van der Waals surface area (Å²) in [5.41, 5.74) is 0. The summed E-state index contributed by atoms with van der Waals surface area (Å²) in [6.45, 7) is 2.27. The van der Waals surface area contributed by atoms with Gasteiger partial charge in [0.05, 0.1) is 0 Å². The van der Waals surface area contributed by atoms with Crippen molar-refractivity contribution in [3.05, 3.63) is 30.3 Å². The summed E-state index contributed by atoms with van der Waals surface area (Å²) in [4.78, 5) is 11.7. The molecular formula is C21H34O2. The van der Waals surface area contributed by atoms with Crippen molar-refractivity contribution < 1.29 is 9.53 Å². The van der Waals surface area contributed by atoms with Crippen molar-refractivity contribution in [3.63, 3.8) is 0 Å². The van der Waals surface area contributed by atoms with Crippen molar-refractivity contribution in [1.82, 2.24) is 0 Å². The average molecular weight is 319 g/mol. The number of carbonyl (C=O) groups is 1. The summed E-state index contributed by atoms with van der Waals surface area (Å²) in [7, 11) is 0. The normalized spacial score (nSPS) is 10.7. The van der Waals surface area contributed by atoms with Crippen molar-refractivity contribution in [2.24, 2.45) is 0 Å². The molecule has 0 N–H and O–H groups in total. The first kappa shape index (κ1) is 19.7. The summed E-state index contributed by atoms with van der Waals surface area (Å²) in [5.74, 6) is 0.541. The molecule has 0 bridgehead atoms. The van der Waals surface area contributed by atoms with E-state index in [-0.39, 0.29) is 5.97 Å². The highest BCUT2D eigenvalue weighted by molar-refractivity contribution is 5.72. The monoisotopic (exact) mass is 318 g/mol. The van der Waals surface area contributed by atoms with Gasteiger partial charge in [-0.25, -0.2) is 0 Å². The summed E-state index contributed by atoms with van der Waals surface area (Å²) in [5, 5.41) is 0. The van der Waals surface area contributed by atoms with E-state index in [1.165, 1.54) is 64.2 Å².